The Balaban J connectivity index is 2.79. The number of primary amides is 2. The topological polar surface area (TPSA) is 465 Å². The number of phenols is 1. The molecule has 1 saturated heterocycles. The van der Waals surface area contributed by atoms with E-state index in [9.17, 15) is 82.2 Å². The monoisotopic (exact) mass is 1010 g/mol. The van der Waals surface area contributed by atoms with Crippen molar-refractivity contribution in [3.63, 3.8) is 0 Å². The number of aliphatic carboxylic acids is 3. The van der Waals surface area contributed by atoms with Gasteiger partial charge in [0.1, 0.15) is 47.3 Å². The third-order valence-corrected chi connectivity index (χ3v) is 12.0. The predicted molar refractivity (Wildman–Crippen MR) is 244 cm³/mol. The van der Waals surface area contributed by atoms with E-state index in [2.05, 4.69) is 37.2 Å². The minimum atomic E-state index is -2.32. The average Bonchev–Trinajstić information content (AvgIpc) is 3.23. The van der Waals surface area contributed by atoms with Crippen LogP contribution in [0.15, 0.2) is 18.2 Å². The van der Waals surface area contributed by atoms with E-state index in [-0.39, 0.29) is 55.6 Å². The Morgan fingerprint density at radius 2 is 1.40 bits per heavy atom. The number of carbonyl (C=O) groups excluding carboxylic acids is 9. The van der Waals surface area contributed by atoms with Crippen molar-refractivity contribution in [1.29, 1.82) is 0 Å². The second-order valence-electron chi connectivity index (χ2n) is 17.2. The van der Waals surface area contributed by atoms with Crippen LogP contribution in [0.3, 0.4) is 0 Å². The maximum Gasteiger partial charge on any atom is 0.317 e. The summed E-state index contributed by atoms with van der Waals surface area (Å²) in [4.78, 5) is 156. The molecule has 1 unspecified atom stereocenters. The normalized spacial score (nSPS) is 24.3. The molecule has 1 aromatic rings. The van der Waals surface area contributed by atoms with Gasteiger partial charge in [0.15, 0.2) is 5.92 Å². The first kappa shape index (κ1) is 58.7. The molecule has 17 N–H and O–H groups in total. The van der Waals surface area contributed by atoms with E-state index in [1.54, 1.807) is 13.8 Å². The molecule has 28 heteroatoms. The van der Waals surface area contributed by atoms with Crippen LogP contribution in [0.25, 0.3) is 0 Å². The Labute approximate surface area is 403 Å². The number of amides is 9. The highest BCUT2D eigenvalue weighted by Gasteiger charge is 2.41. The molecule has 1 aliphatic heterocycles. The second kappa shape index (κ2) is 27.6. The first-order valence-corrected chi connectivity index (χ1v) is 23.4. The van der Waals surface area contributed by atoms with Gasteiger partial charge in [0.05, 0.1) is 17.9 Å². The standard InChI is InChI=1S/C42H62N10O17S/c1-20(2)13-24-36(61)50-25(15-21-9-10-29(53)23(43)14-21)38(63)52-42(3,11-6-8-33(57)58)41(68)51-27(17-30(44)54)35(60)46-12-5-4-7-31(55)48-28(34(45)59)18-70(69)19-32(56)47-26(37(62)49-24)16-22(39(64)65)40(66)67/h9-10,14,20,22,24-28,53H,4-8,11-13,15-19,43H2,1-3H3,(H2,44,54)(H2,45,59)(H,46,60)(H,47,56)(H,48,55)(H,49,62)(H,50,61)(H,51,68)(H,52,63)(H,57,58)(H,64,65)(H,66,67)/t24-,25-,26-,27-,28-,42-,70?/m0/s1. The molecule has 0 aromatic heterocycles. The van der Waals surface area contributed by atoms with Crippen LogP contribution in [0.1, 0.15) is 84.1 Å². The van der Waals surface area contributed by atoms with Gasteiger partial charge in [0.2, 0.25) is 53.2 Å². The van der Waals surface area contributed by atoms with Gasteiger partial charge in [-0.15, -0.1) is 0 Å². The van der Waals surface area contributed by atoms with Crippen molar-refractivity contribution in [3.05, 3.63) is 23.8 Å². The molecule has 1 aliphatic rings. The van der Waals surface area contributed by atoms with Crippen molar-refractivity contribution < 1.29 is 82.2 Å². The zero-order valence-corrected chi connectivity index (χ0v) is 39.5. The number of nitrogens with one attached hydrogen (secondary N) is 7. The number of nitrogens with two attached hydrogens (primary N) is 3. The number of aromatic hydroxyl groups is 1. The van der Waals surface area contributed by atoms with Gasteiger partial charge in [0, 0.05) is 43.0 Å². The molecule has 27 nitrogen and oxygen atoms in total. The van der Waals surface area contributed by atoms with E-state index in [0.717, 1.165) is 0 Å². The molecule has 0 aliphatic carbocycles. The minimum absolute atomic E-state index is 0.0627. The smallest absolute Gasteiger partial charge is 0.317 e. The van der Waals surface area contributed by atoms with Crippen molar-refractivity contribution in [2.45, 2.75) is 121 Å². The highest BCUT2D eigenvalue weighted by Crippen LogP contribution is 2.22. The number of hydrogen-bond acceptors (Lipinski definition) is 15. The lowest BCUT2D eigenvalue weighted by atomic mass is 9.91. The maximum atomic E-state index is 14.4. The summed E-state index contributed by atoms with van der Waals surface area (Å²) in [7, 11) is -2.32. The van der Waals surface area contributed by atoms with Crippen LogP contribution >= 0.6 is 0 Å². The van der Waals surface area contributed by atoms with E-state index in [0.29, 0.717) is 0 Å². The van der Waals surface area contributed by atoms with Crippen LogP contribution in [-0.2, 0) is 74.8 Å². The number of anilines is 1. The van der Waals surface area contributed by atoms with Crippen molar-refractivity contribution in [3.8, 4) is 5.75 Å². The lowest BCUT2D eigenvalue weighted by Crippen LogP contribution is -2.64. The molecule has 2 rings (SSSR count). The largest absolute Gasteiger partial charge is 0.506 e. The van der Waals surface area contributed by atoms with Gasteiger partial charge in [-0.05, 0) is 62.6 Å². The fourth-order valence-corrected chi connectivity index (χ4v) is 8.06. The Hall–Kier alpha value is -7.39. The first-order chi connectivity index (χ1) is 32.6. The Morgan fingerprint density at radius 3 is 1.96 bits per heavy atom. The van der Waals surface area contributed by atoms with Crippen LogP contribution in [-0.4, -0.2) is 150 Å². The molecule has 70 heavy (non-hydrogen) atoms. The van der Waals surface area contributed by atoms with Gasteiger partial charge in [-0.2, -0.15) is 0 Å². The molecule has 0 radical (unpaired) electrons. The van der Waals surface area contributed by atoms with Crippen molar-refractivity contribution in [2.75, 3.05) is 23.8 Å². The second-order valence-corrected chi connectivity index (χ2v) is 18.7. The quantitative estimate of drug-likeness (QED) is 0.0449. The third kappa shape index (κ3) is 20.1. The van der Waals surface area contributed by atoms with E-state index < -0.39 is 173 Å². The molecule has 1 heterocycles. The van der Waals surface area contributed by atoms with Gasteiger partial charge in [-0.3, -0.25) is 61.7 Å². The summed E-state index contributed by atoms with van der Waals surface area (Å²) in [5.74, 6) is -19.6. The van der Waals surface area contributed by atoms with Crippen LogP contribution < -0.4 is 54.4 Å². The maximum absolute atomic E-state index is 14.4. The number of phenolic OH excluding ortho intramolecular Hbond substituents is 1. The molecule has 0 bridgehead atoms. The Bertz CT molecular complexity index is 2180. The highest BCUT2D eigenvalue weighted by atomic mass is 32.2. The van der Waals surface area contributed by atoms with Crippen molar-refractivity contribution >= 4 is 87.6 Å². The fraction of sp³-hybridized carbons (Fsp3) is 0.571. The van der Waals surface area contributed by atoms with Crippen LogP contribution in [0.5, 0.6) is 5.75 Å². The summed E-state index contributed by atoms with van der Waals surface area (Å²) in [6.07, 6.45) is -3.79. The van der Waals surface area contributed by atoms with Gasteiger partial charge in [-0.1, -0.05) is 19.9 Å². The Morgan fingerprint density at radius 1 is 0.786 bits per heavy atom. The molecule has 9 amide bonds. The molecular formula is C42H62N10O17S. The van der Waals surface area contributed by atoms with Crippen molar-refractivity contribution in [2.24, 2.45) is 23.3 Å². The van der Waals surface area contributed by atoms with Crippen molar-refractivity contribution in [1.82, 2.24) is 37.2 Å². The summed E-state index contributed by atoms with van der Waals surface area (Å²) in [5, 5.41) is 55.4. The SMILES string of the molecule is CC(C)C[C@@H]1NC(=O)[C@H](CC(C(=O)O)C(=O)O)NC(=O)CS(=O)C[C@@H](C(N)=O)NC(=O)CCCCNC(=O)[C@H](CC(N)=O)NC(=O)[C@](C)(CCCC(=O)O)NC(=O)[C@H](Cc2ccc(O)c(N)c2)NC1=O. The summed E-state index contributed by atoms with van der Waals surface area (Å²) in [6.45, 7) is 4.28. The number of carboxylic acids is 3. The van der Waals surface area contributed by atoms with E-state index >= 15 is 0 Å². The zero-order valence-electron chi connectivity index (χ0n) is 38.7. The first-order valence-electron chi connectivity index (χ1n) is 21.9. The third-order valence-electron chi connectivity index (χ3n) is 10.7. The number of benzene rings is 1. The predicted octanol–water partition coefficient (Wildman–Crippen LogP) is -4.30. The zero-order chi connectivity index (χ0) is 53.0. The number of rotatable bonds is 15. The number of carboxylic acid groups (broad SMARTS) is 3. The molecule has 7 atom stereocenters. The molecular weight excluding hydrogens is 949 g/mol. The van der Waals surface area contributed by atoms with E-state index in [1.165, 1.54) is 25.1 Å². The summed E-state index contributed by atoms with van der Waals surface area (Å²) in [5.41, 5.74) is 14.7. The van der Waals surface area contributed by atoms with Crippen LogP contribution in [0.2, 0.25) is 0 Å². The molecule has 0 spiro atoms. The van der Waals surface area contributed by atoms with E-state index in [4.69, 9.17) is 17.2 Å². The van der Waals surface area contributed by atoms with E-state index in [1.807, 2.05) is 0 Å². The molecule has 388 valence electrons. The molecule has 0 saturated carbocycles. The fourth-order valence-electron chi connectivity index (χ4n) is 6.94. The van der Waals surface area contributed by atoms with Gasteiger partial charge in [0.25, 0.3) is 0 Å². The van der Waals surface area contributed by atoms with Crippen LogP contribution in [0, 0.1) is 11.8 Å². The number of carbonyl (C=O) groups is 12. The Kier molecular flexibility index (Phi) is 23.1. The van der Waals surface area contributed by atoms with Gasteiger partial charge < -0.3 is 74.8 Å². The van der Waals surface area contributed by atoms with Gasteiger partial charge in [-0.25, -0.2) is 0 Å². The summed E-state index contributed by atoms with van der Waals surface area (Å²) < 4.78 is 13.1. The molecule has 1 aromatic carbocycles. The van der Waals surface area contributed by atoms with Gasteiger partial charge >= 0.3 is 17.9 Å². The number of nitrogen functional groups attached to an aromatic ring is 1. The molecule has 1 fully saturated rings. The minimum Gasteiger partial charge on any atom is -0.506 e. The lowest BCUT2D eigenvalue weighted by molar-refractivity contribution is -0.155. The summed E-state index contributed by atoms with van der Waals surface area (Å²) >= 11 is 0. The lowest BCUT2D eigenvalue weighted by Gasteiger charge is -2.33. The highest BCUT2D eigenvalue weighted by molar-refractivity contribution is 7.85. The average molecular weight is 1010 g/mol. The van der Waals surface area contributed by atoms with Crippen LogP contribution in [0.4, 0.5) is 5.69 Å². The number of hydrogen-bond donors (Lipinski definition) is 14. The summed E-state index contributed by atoms with van der Waals surface area (Å²) in [6, 6.07) is -4.86.